The zero-order valence-corrected chi connectivity index (χ0v) is 10.2. The minimum atomic E-state index is 0.993. The molecule has 0 spiro atoms. The molecule has 1 nitrogen and oxygen atoms in total. The van der Waals surface area contributed by atoms with E-state index in [4.69, 9.17) is 0 Å². The predicted octanol–water partition coefficient (Wildman–Crippen LogP) is 4.29. The Labute approximate surface area is 106 Å². The van der Waals surface area contributed by atoms with Gasteiger partial charge in [0.05, 0.1) is 5.69 Å². The van der Waals surface area contributed by atoms with Gasteiger partial charge < -0.3 is 5.32 Å². The number of hydrogen-bond acceptors (Lipinski definition) is 2. The smallest absolute Gasteiger partial charge is 0.0521 e. The topological polar surface area (TPSA) is 12.0 Å². The molecule has 0 saturated heterocycles. The average Bonchev–Trinajstić information content (AvgIpc) is 2.40. The van der Waals surface area contributed by atoms with Crippen molar-refractivity contribution in [1.29, 1.82) is 0 Å². The standard InChI is InChI=1S/C15H13NS/c1-2-6-12(7-3-1)10-13-11-16-14-8-4-5-9-15(14)17-13/h1-9,11,16H,10H2. The number of thioether (sulfide) groups is 1. The highest BCUT2D eigenvalue weighted by Crippen LogP contribution is 2.37. The molecule has 0 aromatic heterocycles. The minimum absolute atomic E-state index is 0.993. The first-order valence-electron chi connectivity index (χ1n) is 5.68. The number of nitrogens with one attached hydrogen (secondary N) is 1. The van der Waals surface area contributed by atoms with Crippen LogP contribution in [0.15, 0.2) is 70.6 Å². The third kappa shape index (κ3) is 2.37. The quantitative estimate of drug-likeness (QED) is 0.839. The number of fused-ring (bicyclic) bond motifs is 1. The second-order valence-corrected chi connectivity index (χ2v) is 5.18. The molecule has 1 heterocycles. The summed E-state index contributed by atoms with van der Waals surface area (Å²) in [5.41, 5.74) is 2.56. The van der Waals surface area contributed by atoms with Crippen molar-refractivity contribution in [3.63, 3.8) is 0 Å². The van der Waals surface area contributed by atoms with Gasteiger partial charge in [0.25, 0.3) is 0 Å². The molecule has 1 aliphatic rings. The monoisotopic (exact) mass is 239 g/mol. The van der Waals surface area contributed by atoms with E-state index in [0.717, 1.165) is 6.42 Å². The zero-order chi connectivity index (χ0) is 11.5. The van der Waals surface area contributed by atoms with Gasteiger partial charge in [0.15, 0.2) is 0 Å². The van der Waals surface area contributed by atoms with Crippen LogP contribution >= 0.6 is 11.8 Å². The molecule has 1 aliphatic heterocycles. The van der Waals surface area contributed by atoms with E-state index in [1.54, 1.807) is 0 Å². The van der Waals surface area contributed by atoms with E-state index in [1.807, 2.05) is 11.8 Å². The van der Waals surface area contributed by atoms with Gasteiger partial charge in [-0.2, -0.15) is 0 Å². The number of para-hydroxylation sites is 1. The summed E-state index contributed by atoms with van der Waals surface area (Å²) < 4.78 is 0. The van der Waals surface area contributed by atoms with E-state index in [1.165, 1.54) is 21.1 Å². The fourth-order valence-electron chi connectivity index (χ4n) is 1.89. The van der Waals surface area contributed by atoms with Crippen LogP contribution in [0.2, 0.25) is 0 Å². The Kier molecular flexibility index (Phi) is 2.88. The van der Waals surface area contributed by atoms with Crippen LogP contribution in [0.1, 0.15) is 5.56 Å². The van der Waals surface area contributed by atoms with Crippen LogP contribution in [-0.2, 0) is 6.42 Å². The summed E-state index contributed by atoms with van der Waals surface area (Å²) in [7, 11) is 0. The van der Waals surface area contributed by atoms with E-state index in [2.05, 4.69) is 66.1 Å². The van der Waals surface area contributed by atoms with Crippen LogP contribution in [0.5, 0.6) is 0 Å². The average molecular weight is 239 g/mol. The molecule has 0 unspecified atom stereocenters. The zero-order valence-electron chi connectivity index (χ0n) is 9.39. The summed E-state index contributed by atoms with van der Waals surface area (Å²) in [5, 5.41) is 3.35. The first-order valence-corrected chi connectivity index (χ1v) is 6.50. The molecule has 0 radical (unpaired) electrons. The Balaban J connectivity index is 1.78. The first-order chi connectivity index (χ1) is 8.42. The van der Waals surface area contributed by atoms with Gasteiger partial charge in [-0.25, -0.2) is 0 Å². The maximum atomic E-state index is 3.35. The van der Waals surface area contributed by atoms with Crippen LogP contribution in [0.3, 0.4) is 0 Å². The maximum Gasteiger partial charge on any atom is 0.0521 e. The number of rotatable bonds is 2. The number of hydrogen-bond donors (Lipinski definition) is 1. The number of anilines is 1. The molecular weight excluding hydrogens is 226 g/mol. The summed E-state index contributed by atoms with van der Waals surface area (Å²) in [6.07, 6.45) is 3.10. The lowest BCUT2D eigenvalue weighted by molar-refractivity contribution is 1.22. The van der Waals surface area contributed by atoms with E-state index >= 15 is 0 Å². The fourth-order valence-corrected chi connectivity index (χ4v) is 2.91. The second-order valence-electron chi connectivity index (χ2n) is 4.02. The van der Waals surface area contributed by atoms with Gasteiger partial charge in [-0.3, -0.25) is 0 Å². The summed E-state index contributed by atoms with van der Waals surface area (Å²) in [6, 6.07) is 19.0. The van der Waals surface area contributed by atoms with Crippen LogP contribution in [0.25, 0.3) is 0 Å². The molecule has 1 N–H and O–H groups in total. The van der Waals surface area contributed by atoms with Crippen LogP contribution < -0.4 is 5.32 Å². The normalized spacial score (nSPS) is 13.5. The lowest BCUT2D eigenvalue weighted by Crippen LogP contribution is -1.99. The van der Waals surface area contributed by atoms with Crippen LogP contribution in [0, 0.1) is 0 Å². The van der Waals surface area contributed by atoms with Gasteiger partial charge in [-0.1, -0.05) is 54.2 Å². The van der Waals surface area contributed by atoms with E-state index < -0.39 is 0 Å². The van der Waals surface area contributed by atoms with Gasteiger partial charge in [0.2, 0.25) is 0 Å². The number of allylic oxidation sites excluding steroid dienone is 1. The Bertz CT molecular complexity index is 546. The van der Waals surface area contributed by atoms with Gasteiger partial charge in [-0.05, 0) is 17.7 Å². The summed E-state index contributed by atoms with van der Waals surface area (Å²) in [6.45, 7) is 0. The summed E-state index contributed by atoms with van der Waals surface area (Å²) in [4.78, 5) is 2.66. The molecule has 2 aromatic rings. The molecule has 3 rings (SSSR count). The molecule has 0 amide bonds. The Morgan fingerprint density at radius 3 is 2.53 bits per heavy atom. The molecule has 0 aliphatic carbocycles. The molecule has 2 heteroatoms. The van der Waals surface area contributed by atoms with Crippen molar-refractivity contribution in [2.24, 2.45) is 0 Å². The highest BCUT2D eigenvalue weighted by molar-refractivity contribution is 8.03. The van der Waals surface area contributed by atoms with Crippen molar-refractivity contribution in [3.05, 3.63) is 71.3 Å². The van der Waals surface area contributed by atoms with Gasteiger partial charge in [-0.15, -0.1) is 0 Å². The second kappa shape index (κ2) is 4.68. The van der Waals surface area contributed by atoms with E-state index in [0.29, 0.717) is 0 Å². The van der Waals surface area contributed by atoms with Gasteiger partial charge >= 0.3 is 0 Å². The van der Waals surface area contributed by atoms with E-state index in [9.17, 15) is 0 Å². The molecule has 17 heavy (non-hydrogen) atoms. The molecule has 0 bridgehead atoms. The molecule has 84 valence electrons. The van der Waals surface area contributed by atoms with Crippen molar-refractivity contribution in [2.75, 3.05) is 5.32 Å². The first kappa shape index (κ1) is 10.5. The lowest BCUT2D eigenvalue weighted by atomic mass is 10.1. The largest absolute Gasteiger partial charge is 0.360 e. The Morgan fingerprint density at radius 2 is 1.65 bits per heavy atom. The third-order valence-corrected chi connectivity index (χ3v) is 3.84. The number of benzene rings is 2. The van der Waals surface area contributed by atoms with Crippen molar-refractivity contribution >= 4 is 17.4 Å². The lowest BCUT2D eigenvalue weighted by Gasteiger charge is -2.17. The van der Waals surface area contributed by atoms with Crippen LogP contribution in [0.4, 0.5) is 5.69 Å². The predicted molar refractivity (Wildman–Crippen MR) is 74.2 cm³/mol. The van der Waals surface area contributed by atoms with Gasteiger partial charge in [0, 0.05) is 22.4 Å². The van der Waals surface area contributed by atoms with Crippen molar-refractivity contribution in [3.8, 4) is 0 Å². The van der Waals surface area contributed by atoms with Crippen molar-refractivity contribution in [2.45, 2.75) is 11.3 Å². The molecule has 2 aromatic carbocycles. The van der Waals surface area contributed by atoms with E-state index in [-0.39, 0.29) is 0 Å². The Hall–Kier alpha value is -1.67. The Morgan fingerprint density at radius 1 is 0.882 bits per heavy atom. The highest BCUT2D eigenvalue weighted by Gasteiger charge is 2.10. The third-order valence-electron chi connectivity index (χ3n) is 2.74. The summed E-state index contributed by atoms with van der Waals surface area (Å²) in [5.74, 6) is 0. The SMILES string of the molecule is C1=C(Cc2ccccc2)Sc2ccccc2N1. The molecule has 0 atom stereocenters. The van der Waals surface area contributed by atoms with Gasteiger partial charge in [0.1, 0.15) is 0 Å². The van der Waals surface area contributed by atoms with Crippen molar-refractivity contribution < 1.29 is 0 Å². The highest BCUT2D eigenvalue weighted by atomic mass is 32.2. The molecule has 0 fully saturated rings. The molecular formula is C15H13NS. The minimum Gasteiger partial charge on any atom is -0.360 e. The summed E-state index contributed by atoms with van der Waals surface area (Å²) >= 11 is 1.85. The maximum absolute atomic E-state index is 3.35. The van der Waals surface area contributed by atoms with Crippen molar-refractivity contribution in [1.82, 2.24) is 0 Å². The fraction of sp³-hybridized carbons (Fsp3) is 0.0667. The molecule has 0 saturated carbocycles. The van der Waals surface area contributed by atoms with Crippen LogP contribution in [-0.4, -0.2) is 0 Å².